The van der Waals surface area contributed by atoms with Crippen molar-refractivity contribution in [3.8, 4) is 0 Å². The number of aromatic nitrogens is 2. The summed E-state index contributed by atoms with van der Waals surface area (Å²) in [6, 6.07) is 18.1. The SMILES string of the molecule is O=C(CN1CCN(c2ncccn2)CC1)N1c2ccccc2Sc2ccccc21. The molecule has 0 saturated carbocycles. The van der Waals surface area contributed by atoms with Gasteiger partial charge in [-0.3, -0.25) is 14.6 Å². The van der Waals surface area contributed by atoms with Gasteiger partial charge in [0.1, 0.15) is 0 Å². The number of anilines is 3. The van der Waals surface area contributed by atoms with Gasteiger partial charge in [-0.2, -0.15) is 0 Å². The van der Waals surface area contributed by atoms with Crippen LogP contribution >= 0.6 is 11.8 Å². The average molecular weight is 404 g/mol. The minimum Gasteiger partial charge on any atom is -0.338 e. The Kier molecular flexibility index (Phi) is 4.91. The van der Waals surface area contributed by atoms with Crippen molar-refractivity contribution in [3.63, 3.8) is 0 Å². The number of hydrogen-bond donors (Lipinski definition) is 0. The lowest BCUT2D eigenvalue weighted by Crippen LogP contribution is -2.50. The van der Waals surface area contributed by atoms with Crippen LogP contribution in [0.5, 0.6) is 0 Å². The summed E-state index contributed by atoms with van der Waals surface area (Å²) in [6.07, 6.45) is 3.53. The first-order chi connectivity index (χ1) is 14.3. The van der Waals surface area contributed by atoms with Crippen LogP contribution in [0.1, 0.15) is 0 Å². The van der Waals surface area contributed by atoms with Crippen molar-refractivity contribution in [2.24, 2.45) is 0 Å². The molecule has 1 amide bonds. The van der Waals surface area contributed by atoms with Gasteiger partial charge in [-0.1, -0.05) is 36.0 Å². The number of rotatable bonds is 3. The molecular formula is C22H21N5OS. The molecule has 0 spiro atoms. The number of fused-ring (bicyclic) bond motifs is 2. The monoisotopic (exact) mass is 403 g/mol. The van der Waals surface area contributed by atoms with Gasteiger partial charge in [-0.25, -0.2) is 9.97 Å². The van der Waals surface area contributed by atoms with Gasteiger partial charge in [0.15, 0.2) is 0 Å². The van der Waals surface area contributed by atoms with Gasteiger partial charge >= 0.3 is 0 Å². The van der Waals surface area contributed by atoms with Crippen molar-refractivity contribution in [3.05, 3.63) is 67.0 Å². The first kappa shape index (κ1) is 18.1. The van der Waals surface area contributed by atoms with E-state index in [1.165, 1.54) is 0 Å². The molecule has 0 N–H and O–H groups in total. The van der Waals surface area contributed by atoms with Crippen molar-refractivity contribution in [2.45, 2.75) is 9.79 Å². The maximum atomic E-state index is 13.4. The lowest BCUT2D eigenvalue weighted by atomic mass is 10.2. The summed E-state index contributed by atoms with van der Waals surface area (Å²) >= 11 is 1.72. The van der Waals surface area contributed by atoms with E-state index in [0.29, 0.717) is 6.54 Å². The molecule has 5 rings (SSSR count). The molecule has 146 valence electrons. The molecule has 2 aromatic carbocycles. The Balaban J connectivity index is 1.32. The topological polar surface area (TPSA) is 52.6 Å². The number of benzene rings is 2. The summed E-state index contributed by atoms with van der Waals surface area (Å²) in [4.78, 5) is 30.5. The van der Waals surface area contributed by atoms with E-state index < -0.39 is 0 Å². The Morgan fingerprint density at radius 1 is 0.828 bits per heavy atom. The first-order valence-corrected chi connectivity index (χ1v) is 10.5. The van der Waals surface area contributed by atoms with Crippen LogP contribution in [0.2, 0.25) is 0 Å². The predicted molar refractivity (Wildman–Crippen MR) is 115 cm³/mol. The molecule has 0 aliphatic carbocycles. The number of hydrogen-bond acceptors (Lipinski definition) is 6. The second-order valence-electron chi connectivity index (χ2n) is 7.08. The van der Waals surface area contributed by atoms with E-state index in [2.05, 4.69) is 31.9 Å². The first-order valence-electron chi connectivity index (χ1n) is 9.73. The fourth-order valence-electron chi connectivity index (χ4n) is 3.80. The van der Waals surface area contributed by atoms with Crippen LogP contribution in [-0.2, 0) is 4.79 Å². The van der Waals surface area contributed by atoms with E-state index in [1.807, 2.05) is 47.4 Å². The highest BCUT2D eigenvalue weighted by molar-refractivity contribution is 7.99. The van der Waals surface area contributed by atoms with Gasteiger partial charge in [0.05, 0.1) is 17.9 Å². The predicted octanol–water partition coefficient (Wildman–Crippen LogP) is 3.43. The van der Waals surface area contributed by atoms with Gasteiger partial charge in [-0.05, 0) is 30.3 Å². The van der Waals surface area contributed by atoms with Crippen molar-refractivity contribution < 1.29 is 4.79 Å². The summed E-state index contributed by atoms with van der Waals surface area (Å²) in [6.45, 7) is 3.67. The summed E-state index contributed by atoms with van der Waals surface area (Å²) in [5.74, 6) is 0.865. The summed E-state index contributed by atoms with van der Waals surface area (Å²) in [7, 11) is 0. The maximum Gasteiger partial charge on any atom is 0.245 e. The summed E-state index contributed by atoms with van der Waals surface area (Å²) in [5, 5.41) is 0. The summed E-state index contributed by atoms with van der Waals surface area (Å²) in [5.41, 5.74) is 1.94. The molecular weight excluding hydrogens is 382 g/mol. The number of nitrogens with zero attached hydrogens (tertiary/aromatic N) is 5. The molecule has 1 aromatic heterocycles. The Hall–Kier alpha value is -2.90. The molecule has 3 heterocycles. The van der Waals surface area contributed by atoms with Crippen LogP contribution < -0.4 is 9.80 Å². The van der Waals surface area contributed by atoms with Crippen molar-refractivity contribution >= 4 is 35.0 Å². The molecule has 1 saturated heterocycles. The molecule has 7 heteroatoms. The van der Waals surface area contributed by atoms with Gasteiger partial charge in [-0.15, -0.1) is 0 Å². The van der Waals surface area contributed by atoms with E-state index in [0.717, 1.165) is 53.3 Å². The Morgan fingerprint density at radius 3 is 2.03 bits per heavy atom. The van der Waals surface area contributed by atoms with E-state index in [9.17, 15) is 4.79 Å². The molecule has 0 atom stereocenters. The maximum absolute atomic E-state index is 13.4. The van der Waals surface area contributed by atoms with E-state index in [4.69, 9.17) is 0 Å². The molecule has 6 nitrogen and oxygen atoms in total. The molecule has 0 unspecified atom stereocenters. The zero-order valence-corrected chi connectivity index (χ0v) is 16.8. The van der Waals surface area contributed by atoms with Gasteiger partial charge < -0.3 is 4.90 Å². The molecule has 0 radical (unpaired) electrons. The lowest BCUT2D eigenvalue weighted by Gasteiger charge is -2.36. The van der Waals surface area contributed by atoms with Crippen LogP contribution in [0.25, 0.3) is 0 Å². The van der Waals surface area contributed by atoms with Crippen molar-refractivity contribution in [1.82, 2.24) is 14.9 Å². The van der Waals surface area contributed by atoms with E-state index in [-0.39, 0.29) is 5.91 Å². The van der Waals surface area contributed by atoms with E-state index >= 15 is 0 Å². The molecule has 0 bridgehead atoms. The Morgan fingerprint density at radius 2 is 1.41 bits per heavy atom. The third-order valence-corrected chi connectivity index (χ3v) is 6.38. The standard InChI is InChI=1S/C22H21N5OS/c28-21(16-25-12-14-26(15-13-25)22-23-10-5-11-24-22)27-17-6-1-3-8-19(17)29-20-9-4-2-7-18(20)27/h1-11H,12-16H2. The van der Waals surface area contributed by atoms with Crippen LogP contribution in [0.4, 0.5) is 17.3 Å². The number of carbonyl (C=O) groups excluding carboxylic acids is 1. The van der Waals surface area contributed by atoms with Gasteiger partial charge in [0, 0.05) is 48.4 Å². The smallest absolute Gasteiger partial charge is 0.245 e. The Bertz CT molecular complexity index is 975. The minimum absolute atomic E-state index is 0.106. The highest BCUT2D eigenvalue weighted by Gasteiger charge is 2.29. The van der Waals surface area contributed by atoms with Crippen molar-refractivity contribution in [1.29, 1.82) is 0 Å². The zero-order valence-electron chi connectivity index (χ0n) is 15.9. The zero-order chi connectivity index (χ0) is 19.6. The second-order valence-corrected chi connectivity index (χ2v) is 8.16. The fraction of sp³-hybridized carbons (Fsp3) is 0.227. The van der Waals surface area contributed by atoms with E-state index in [1.54, 1.807) is 24.2 Å². The summed E-state index contributed by atoms with van der Waals surface area (Å²) < 4.78 is 0. The third kappa shape index (κ3) is 3.59. The van der Waals surface area contributed by atoms with Crippen LogP contribution in [-0.4, -0.2) is 53.5 Å². The van der Waals surface area contributed by atoms with Gasteiger partial charge in [0.2, 0.25) is 11.9 Å². The second kappa shape index (κ2) is 7.85. The van der Waals surface area contributed by atoms with Crippen LogP contribution in [0, 0.1) is 0 Å². The van der Waals surface area contributed by atoms with Crippen LogP contribution in [0.15, 0.2) is 76.8 Å². The third-order valence-electron chi connectivity index (χ3n) is 5.25. The van der Waals surface area contributed by atoms with Crippen LogP contribution in [0.3, 0.4) is 0 Å². The average Bonchev–Trinajstić information content (AvgIpc) is 2.78. The molecule has 1 fully saturated rings. The normalized spacial score (nSPS) is 16.3. The van der Waals surface area contributed by atoms with Crippen molar-refractivity contribution in [2.75, 3.05) is 42.5 Å². The molecule has 2 aliphatic rings. The number of para-hydroxylation sites is 2. The van der Waals surface area contributed by atoms with Gasteiger partial charge in [0.25, 0.3) is 0 Å². The number of piperazine rings is 1. The fourth-order valence-corrected chi connectivity index (χ4v) is 4.85. The highest BCUT2D eigenvalue weighted by atomic mass is 32.2. The number of amides is 1. The lowest BCUT2D eigenvalue weighted by molar-refractivity contribution is -0.119. The highest BCUT2D eigenvalue weighted by Crippen LogP contribution is 2.47. The quantitative estimate of drug-likeness (QED) is 0.668. The molecule has 3 aromatic rings. The largest absolute Gasteiger partial charge is 0.338 e. The molecule has 2 aliphatic heterocycles. The minimum atomic E-state index is 0.106. The number of carbonyl (C=O) groups is 1. The molecule has 29 heavy (non-hydrogen) atoms. The Labute approximate surface area is 174 Å².